The first-order valence-electron chi connectivity index (χ1n) is 8.56. The molecule has 0 aliphatic carbocycles. The van der Waals surface area contributed by atoms with Gasteiger partial charge in [-0.15, -0.1) is 0 Å². The first-order valence-corrected chi connectivity index (χ1v) is 10.3. The SMILES string of the molecule is Cn1cc(C(C[P+](=O)O)C(=O)N/C=C/c2ccc(F)c(F)c2)c2cc(Cl)ccc21. The standard InChI is InChI=1S/C20H16ClF2N2O3P/c1-25-10-15(14-9-13(21)3-5-19(14)25)16(11-29(27)28)20(26)24-7-6-12-2-4-17(22)18(23)8-12/h2-10,16H,11H2,1H3,(H-,24,26,27,28)/p+1/b7-6+. The van der Waals surface area contributed by atoms with Crippen LogP contribution < -0.4 is 5.32 Å². The van der Waals surface area contributed by atoms with Crippen LogP contribution in [0.4, 0.5) is 8.78 Å². The van der Waals surface area contributed by atoms with E-state index < -0.39 is 31.5 Å². The van der Waals surface area contributed by atoms with Gasteiger partial charge in [-0.05, 0) is 52.1 Å². The monoisotopic (exact) mass is 437 g/mol. The maximum Gasteiger partial charge on any atom is 0.506 e. The van der Waals surface area contributed by atoms with Gasteiger partial charge in [-0.1, -0.05) is 17.7 Å². The molecular formula is C20H17ClF2N2O3P+. The van der Waals surface area contributed by atoms with Crippen molar-refractivity contribution in [3.05, 3.63) is 76.6 Å². The van der Waals surface area contributed by atoms with Crippen LogP contribution in [0, 0.1) is 11.6 Å². The number of hydrogen-bond acceptors (Lipinski definition) is 2. The average Bonchev–Trinajstić information content (AvgIpc) is 2.98. The molecule has 0 fully saturated rings. The fourth-order valence-corrected chi connectivity index (χ4v) is 3.93. The molecule has 0 aliphatic rings. The Balaban J connectivity index is 1.88. The molecule has 1 heterocycles. The third-order valence-electron chi connectivity index (χ3n) is 4.46. The fourth-order valence-electron chi connectivity index (χ4n) is 3.09. The maximum atomic E-state index is 13.3. The van der Waals surface area contributed by atoms with Crippen molar-refractivity contribution in [1.29, 1.82) is 0 Å². The smallest absolute Gasteiger partial charge is 0.350 e. The summed E-state index contributed by atoms with van der Waals surface area (Å²) in [6.45, 7) is 0. The molecule has 3 aromatic rings. The predicted octanol–water partition coefficient (Wildman–Crippen LogP) is 4.72. The molecular weight excluding hydrogens is 421 g/mol. The summed E-state index contributed by atoms with van der Waals surface area (Å²) in [6, 6.07) is 8.56. The van der Waals surface area contributed by atoms with Crippen molar-refractivity contribution < 1.29 is 23.0 Å². The molecule has 1 aromatic heterocycles. The van der Waals surface area contributed by atoms with Gasteiger partial charge in [-0.2, -0.15) is 4.89 Å². The van der Waals surface area contributed by atoms with Crippen LogP contribution in [0.3, 0.4) is 0 Å². The number of carbonyl (C=O) groups is 1. The van der Waals surface area contributed by atoms with Gasteiger partial charge in [-0.25, -0.2) is 8.78 Å². The Labute approximate surface area is 171 Å². The van der Waals surface area contributed by atoms with Crippen molar-refractivity contribution in [2.45, 2.75) is 5.92 Å². The van der Waals surface area contributed by atoms with Crippen molar-refractivity contribution in [3.8, 4) is 0 Å². The molecule has 150 valence electrons. The van der Waals surface area contributed by atoms with Crippen LogP contribution in [0.25, 0.3) is 17.0 Å². The van der Waals surface area contributed by atoms with Gasteiger partial charge < -0.3 is 9.88 Å². The third-order valence-corrected chi connectivity index (χ3v) is 5.37. The van der Waals surface area contributed by atoms with E-state index in [1.807, 2.05) is 4.57 Å². The summed E-state index contributed by atoms with van der Waals surface area (Å²) in [5, 5.41) is 3.73. The zero-order valence-corrected chi connectivity index (χ0v) is 16.9. The lowest BCUT2D eigenvalue weighted by atomic mass is 9.99. The van der Waals surface area contributed by atoms with E-state index in [4.69, 9.17) is 11.6 Å². The van der Waals surface area contributed by atoms with Gasteiger partial charge in [0, 0.05) is 35.4 Å². The van der Waals surface area contributed by atoms with Gasteiger partial charge in [0.05, 0.1) is 0 Å². The van der Waals surface area contributed by atoms with Crippen LogP contribution in [0.5, 0.6) is 0 Å². The molecule has 0 saturated heterocycles. The summed E-state index contributed by atoms with van der Waals surface area (Å²) >= 11 is 6.08. The molecule has 0 aliphatic heterocycles. The molecule has 5 nitrogen and oxygen atoms in total. The number of rotatable bonds is 6. The van der Waals surface area contributed by atoms with Crippen LogP contribution in [0.1, 0.15) is 17.0 Å². The number of aryl methyl sites for hydroxylation is 1. The van der Waals surface area contributed by atoms with Crippen molar-refractivity contribution in [2.75, 3.05) is 6.16 Å². The van der Waals surface area contributed by atoms with Crippen molar-refractivity contribution >= 4 is 42.5 Å². The van der Waals surface area contributed by atoms with Crippen LogP contribution in [0.2, 0.25) is 5.02 Å². The summed E-state index contributed by atoms with van der Waals surface area (Å²) in [5.74, 6) is -3.37. The molecule has 29 heavy (non-hydrogen) atoms. The number of benzene rings is 2. The molecule has 2 N–H and O–H groups in total. The van der Waals surface area contributed by atoms with E-state index in [-0.39, 0.29) is 6.16 Å². The Morgan fingerprint density at radius 1 is 1.28 bits per heavy atom. The Bertz CT molecular complexity index is 1130. The van der Waals surface area contributed by atoms with E-state index in [9.17, 15) is 23.0 Å². The second kappa shape index (κ2) is 8.82. The number of fused-ring (bicyclic) bond motifs is 1. The zero-order valence-electron chi connectivity index (χ0n) is 15.3. The van der Waals surface area contributed by atoms with Crippen molar-refractivity contribution in [2.24, 2.45) is 7.05 Å². The number of hydrogen-bond donors (Lipinski definition) is 2. The van der Waals surface area contributed by atoms with Gasteiger partial charge in [0.1, 0.15) is 5.92 Å². The Morgan fingerprint density at radius 3 is 2.72 bits per heavy atom. The third kappa shape index (κ3) is 4.88. The van der Waals surface area contributed by atoms with E-state index >= 15 is 0 Å². The van der Waals surface area contributed by atoms with E-state index in [0.29, 0.717) is 21.5 Å². The molecule has 2 atom stereocenters. The predicted molar refractivity (Wildman–Crippen MR) is 109 cm³/mol. The molecule has 0 saturated carbocycles. The van der Waals surface area contributed by atoms with Crippen LogP contribution in [-0.2, 0) is 16.4 Å². The summed E-state index contributed by atoms with van der Waals surface area (Å²) in [6.07, 6.45) is 4.13. The van der Waals surface area contributed by atoms with Gasteiger partial charge in [-0.3, -0.25) is 4.79 Å². The van der Waals surface area contributed by atoms with Gasteiger partial charge in [0.25, 0.3) is 0 Å². The summed E-state index contributed by atoms with van der Waals surface area (Å²) in [5.41, 5.74) is 1.75. The zero-order chi connectivity index (χ0) is 21.1. The highest BCUT2D eigenvalue weighted by Gasteiger charge is 2.32. The number of amides is 1. The molecule has 3 rings (SSSR count). The lowest BCUT2D eigenvalue weighted by molar-refractivity contribution is -0.121. The van der Waals surface area contributed by atoms with E-state index in [1.165, 1.54) is 18.3 Å². The number of carbonyl (C=O) groups excluding carboxylic acids is 1. The molecule has 0 radical (unpaired) electrons. The van der Waals surface area contributed by atoms with E-state index in [0.717, 1.165) is 17.6 Å². The minimum absolute atomic E-state index is 0.272. The summed E-state index contributed by atoms with van der Waals surface area (Å²) in [7, 11) is -0.783. The molecule has 0 bridgehead atoms. The first kappa shape index (κ1) is 21.1. The first-order chi connectivity index (χ1) is 13.8. The van der Waals surface area contributed by atoms with E-state index in [1.54, 1.807) is 31.4 Å². The van der Waals surface area contributed by atoms with Crippen LogP contribution in [0.15, 0.2) is 48.8 Å². The lowest BCUT2D eigenvalue weighted by Gasteiger charge is -2.10. The minimum atomic E-state index is -2.58. The molecule has 2 unspecified atom stereocenters. The highest BCUT2D eigenvalue weighted by molar-refractivity contribution is 7.38. The van der Waals surface area contributed by atoms with Crippen LogP contribution in [-0.4, -0.2) is 21.5 Å². The topological polar surface area (TPSA) is 71.3 Å². The van der Waals surface area contributed by atoms with Crippen molar-refractivity contribution in [1.82, 2.24) is 9.88 Å². The number of nitrogens with zero attached hydrogens (tertiary/aromatic N) is 1. The summed E-state index contributed by atoms with van der Waals surface area (Å²) < 4.78 is 39.6. The lowest BCUT2D eigenvalue weighted by Crippen LogP contribution is -2.26. The highest BCUT2D eigenvalue weighted by Crippen LogP contribution is 2.34. The number of aromatic nitrogens is 1. The van der Waals surface area contributed by atoms with E-state index in [2.05, 4.69) is 5.32 Å². The number of halogens is 3. The quantitative estimate of drug-likeness (QED) is 0.548. The van der Waals surface area contributed by atoms with Gasteiger partial charge in [0.15, 0.2) is 17.8 Å². The molecule has 0 spiro atoms. The maximum absolute atomic E-state index is 13.3. The molecule has 2 aromatic carbocycles. The van der Waals surface area contributed by atoms with Gasteiger partial charge >= 0.3 is 8.03 Å². The van der Waals surface area contributed by atoms with Crippen LogP contribution >= 0.6 is 19.6 Å². The normalized spacial score (nSPS) is 13.1. The minimum Gasteiger partial charge on any atom is -0.350 e. The van der Waals surface area contributed by atoms with Crippen molar-refractivity contribution in [3.63, 3.8) is 0 Å². The second-order valence-electron chi connectivity index (χ2n) is 6.46. The fraction of sp³-hybridized carbons (Fsp3) is 0.150. The Hall–Kier alpha value is -2.60. The number of nitrogens with one attached hydrogen (secondary N) is 1. The Morgan fingerprint density at radius 2 is 2.03 bits per heavy atom. The average molecular weight is 438 g/mol. The highest BCUT2D eigenvalue weighted by atomic mass is 35.5. The second-order valence-corrected chi connectivity index (χ2v) is 7.97. The van der Waals surface area contributed by atoms with Gasteiger partial charge in [0.2, 0.25) is 5.91 Å². The Kier molecular flexibility index (Phi) is 6.42. The summed E-state index contributed by atoms with van der Waals surface area (Å²) in [4.78, 5) is 22.2. The molecule has 9 heteroatoms. The largest absolute Gasteiger partial charge is 0.506 e. The molecule has 1 amide bonds.